The lowest BCUT2D eigenvalue weighted by Gasteiger charge is -2.22. The van der Waals surface area contributed by atoms with E-state index in [1.807, 2.05) is 0 Å². The highest BCUT2D eigenvalue weighted by molar-refractivity contribution is 5.82. The van der Waals surface area contributed by atoms with Gasteiger partial charge >= 0.3 is 17.9 Å². The molecule has 0 radical (unpaired) electrons. The Morgan fingerprint density at radius 3 is 1.65 bits per heavy atom. The van der Waals surface area contributed by atoms with Gasteiger partial charge in [-0.25, -0.2) is 14.4 Å². The molecule has 20 heavy (non-hydrogen) atoms. The molecule has 0 aliphatic heterocycles. The van der Waals surface area contributed by atoms with Crippen LogP contribution in [-0.4, -0.2) is 37.2 Å². The summed E-state index contributed by atoms with van der Waals surface area (Å²) in [5.74, 6) is -2.36. The van der Waals surface area contributed by atoms with E-state index < -0.39 is 29.9 Å². The summed E-state index contributed by atoms with van der Waals surface area (Å²) in [6.07, 6.45) is 2.40. The standard InChI is InChI=1S/C14H18O6/c1-5-12(15)18-8-11(9-19-13(16)6-2)10(4)20-14(17)7-3/h5-7,10-11H,1-3,8-9H2,4H3. The summed E-state index contributed by atoms with van der Waals surface area (Å²) in [6.45, 7) is 11.2. The number of esters is 3. The molecule has 0 aliphatic rings. The van der Waals surface area contributed by atoms with Gasteiger partial charge in [-0.3, -0.25) is 0 Å². The summed E-state index contributed by atoms with van der Waals surface area (Å²) in [6, 6.07) is 0. The predicted molar refractivity (Wildman–Crippen MR) is 71.6 cm³/mol. The Hall–Kier alpha value is -2.37. The topological polar surface area (TPSA) is 78.9 Å². The first-order chi connectivity index (χ1) is 9.44. The Bertz CT molecular complexity index is 374. The van der Waals surface area contributed by atoms with Crippen molar-refractivity contribution in [2.45, 2.75) is 13.0 Å². The van der Waals surface area contributed by atoms with Crippen LogP contribution in [0.2, 0.25) is 0 Å². The third-order valence-corrected chi connectivity index (χ3v) is 2.35. The number of carbonyl (C=O) groups is 3. The van der Waals surface area contributed by atoms with E-state index in [0.717, 1.165) is 18.2 Å². The molecule has 0 aromatic carbocycles. The number of rotatable bonds is 9. The third kappa shape index (κ3) is 7.15. The third-order valence-electron chi connectivity index (χ3n) is 2.35. The van der Waals surface area contributed by atoms with Crippen molar-refractivity contribution in [2.24, 2.45) is 5.92 Å². The lowest BCUT2D eigenvalue weighted by molar-refractivity contribution is -0.152. The molecular formula is C14H18O6. The van der Waals surface area contributed by atoms with Crippen LogP contribution in [0.1, 0.15) is 6.92 Å². The van der Waals surface area contributed by atoms with Crippen molar-refractivity contribution in [3.05, 3.63) is 38.0 Å². The summed E-state index contributed by atoms with van der Waals surface area (Å²) in [7, 11) is 0. The Labute approximate surface area is 117 Å². The number of ether oxygens (including phenoxy) is 3. The van der Waals surface area contributed by atoms with Gasteiger partial charge in [-0.1, -0.05) is 19.7 Å². The van der Waals surface area contributed by atoms with Crippen LogP contribution in [0.15, 0.2) is 38.0 Å². The summed E-state index contributed by atoms with van der Waals surface area (Å²) in [5, 5.41) is 0. The van der Waals surface area contributed by atoms with Gasteiger partial charge in [0.1, 0.15) is 19.3 Å². The molecule has 1 unspecified atom stereocenters. The van der Waals surface area contributed by atoms with Crippen molar-refractivity contribution in [3.8, 4) is 0 Å². The van der Waals surface area contributed by atoms with Crippen molar-refractivity contribution in [1.29, 1.82) is 0 Å². The second-order valence-corrected chi connectivity index (χ2v) is 3.77. The first-order valence-electron chi connectivity index (χ1n) is 5.86. The van der Waals surface area contributed by atoms with E-state index in [-0.39, 0.29) is 13.2 Å². The Kier molecular flexibility index (Phi) is 8.41. The van der Waals surface area contributed by atoms with Crippen LogP contribution < -0.4 is 0 Å². The SMILES string of the molecule is C=CC(=O)OCC(COC(=O)C=C)C(C)OC(=O)C=C. The van der Waals surface area contributed by atoms with Crippen LogP contribution in [0.4, 0.5) is 0 Å². The van der Waals surface area contributed by atoms with Crippen molar-refractivity contribution in [2.75, 3.05) is 13.2 Å². The zero-order valence-electron chi connectivity index (χ0n) is 11.4. The maximum Gasteiger partial charge on any atom is 0.330 e. The number of carbonyl (C=O) groups excluding carboxylic acids is 3. The van der Waals surface area contributed by atoms with Gasteiger partial charge in [0.25, 0.3) is 0 Å². The zero-order chi connectivity index (χ0) is 15.5. The van der Waals surface area contributed by atoms with Crippen molar-refractivity contribution < 1.29 is 28.6 Å². The molecule has 0 bridgehead atoms. The van der Waals surface area contributed by atoms with Crippen LogP contribution in [0.3, 0.4) is 0 Å². The minimum atomic E-state index is -0.629. The summed E-state index contributed by atoms with van der Waals surface area (Å²) >= 11 is 0. The van der Waals surface area contributed by atoms with E-state index in [1.165, 1.54) is 0 Å². The fraction of sp³-hybridized carbons (Fsp3) is 0.357. The summed E-state index contributed by atoms with van der Waals surface area (Å²) < 4.78 is 14.7. The predicted octanol–water partition coefficient (Wildman–Crippen LogP) is 1.18. The first kappa shape index (κ1) is 17.6. The van der Waals surface area contributed by atoms with Gasteiger partial charge in [0.2, 0.25) is 0 Å². The van der Waals surface area contributed by atoms with E-state index >= 15 is 0 Å². The number of hydrogen-bond donors (Lipinski definition) is 0. The molecule has 0 rings (SSSR count). The number of hydrogen-bond acceptors (Lipinski definition) is 6. The van der Waals surface area contributed by atoms with Gasteiger partial charge in [-0.2, -0.15) is 0 Å². The van der Waals surface area contributed by atoms with Crippen LogP contribution in [0.5, 0.6) is 0 Å². The average molecular weight is 282 g/mol. The fourth-order valence-corrected chi connectivity index (χ4v) is 1.14. The highest BCUT2D eigenvalue weighted by Crippen LogP contribution is 2.11. The van der Waals surface area contributed by atoms with Crippen LogP contribution >= 0.6 is 0 Å². The minimum absolute atomic E-state index is 0.0825. The lowest BCUT2D eigenvalue weighted by Crippen LogP contribution is -2.32. The van der Waals surface area contributed by atoms with Gasteiger partial charge in [0.05, 0.1) is 5.92 Å². The average Bonchev–Trinajstić information content (AvgIpc) is 2.45. The molecular weight excluding hydrogens is 264 g/mol. The highest BCUT2D eigenvalue weighted by Gasteiger charge is 2.23. The molecule has 0 heterocycles. The normalized spacial score (nSPS) is 11.1. The smallest absolute Gasteiger partial charge is 0.330 e. The molecule has 6 heteroatoms. The van der Waals surface area contributed by atoms with Crippen LogP contribution in [0, 0.1) is 5.92 Å². The molecule has 6 nitrogen and oxygen atoms in total. The largest absolute Gasteiger partial charge is 0.462 e. The van der Waals surface area contributed by atoms with E-state index in [4.69, 9.17) is 14.2 Å². The summed E-state index contributed by atoms with van der Waals surface area (Å²) in [4.78, 5) is 33.2. The quantitative estimate of drug-likeness (QED) is 0.359. The van der Waals surface area contributed by atoms with Crippen molar-refractivity contribution >= 4 is 17.9 Å². The van der Waals surface area contributed by atoms with Crippen molar-refractivity contribution in [3.63, 3.8) is 0 Å². The molecule has 0 spiro atoms. The Morgan fingerprint density at radius 1 is 0.900 bits per heavy atom. The maximum absolute atomic E-state index is 11.1. The molecule has 0 aromatic heterocycles. The molecule has 0 saturated carbocycles. The van der Waals surface area contributed by atoms with E-state index in [2.05, 4.69) is 19.7 Å². The molecule has 0 amide bonds. The second kappa shape index (κ2) is 9.55. The van der Waals surface area contributed by atoms with Gasteiger partial charge in [0, 0.05) is 18.2 Å². The fourth-order valence-electron chi connectivity index (χ4n) is 1.14. The van der Waals surface area contributed by atoms with E-state index in [9.17, 15) is 14.4 Å². The molecule has 0 saturated heterocycles. The maximum atomic E-state index is 11.1. The Balaban J connectivity index is 4.57. The highest BCUT2D eigenvalue weighted by atomic mass is 16.6. The Morgan fingerprint density at radius 2 is 1.30 bits per heavy atom. The second-order valence-electron chi connectivity index (χ2n) is 3.77. The van der Waals surface area contributed by atoms with Crippen LogP contribution in [0.25, 0.3) is 0 Å². The van der Waals surface area contributed by atoms with Gasteiger partial charge in [0.15, 0.2) is 0 Å². The zero-order valence-corrected chi connectivity index (χ0v) is 11.4. The molecule has 1 atom stereocenters. The molecule has 110 valence electrons. The van der Waals surface area contributed by atoms with Gasteiger partial charge < -0.3 is 14.2 Å². The molecule has 0 N–H and O–H groups in total. The van der Waals surface area contributed by atoms with E-state index in [1.54, 1.807) is 6.92 Å². The first-order valence-corrected chi connectivity index (χ1v) is 5.86. The molecule has 0 fully saturated rings. The van der Waals surface area contributed by atoms with Gasteiger partial charge in [-0.05, 0) is 6.92 Å². The van der Waals surface area contributed by atoms with Gasteiger partial charge in [-0.15, -0.1) is 0 Å². The van der Waals surface area contributed by atoms with Crippen molar-refractivity contribution in [1.82, 2.24) is 0 Å². The lowest BCUT2D eigenvalue weighted by atomic mass is 10.1. The molecule has 0 aromatic rings. The summed E-state index contributed by atoms with van der Waals surface area (Å²) in [5.41, 5.74) is 0. The molecule has 0 aliphatic carbocycles. The monoisotopic (exact) mass is 282 g/mol. The minimum Gasteiger partial charge on any atom is -0.462 e. The van der Waals surface area contributed by atoms with Crippen LogP contribution in [-0.2, 0) is 28.6 Å². The van der Waals surface area contributed by atoms with E-state index in [0.29, 0.717) is 0 Å².